The van der Waals surface area contributed by atoms with Gasteiger partial charge in [0.15, 0.2) is 5.11 Å². The molecule has 0 spiro atoms. The number of hydrogen-bond acceptors (Lipinski definition) is 3. The highest BCUT2D eigenvalue weighted by Crippen LogP contribution is 2.28. The number of likely N-dealkylation sites (N-methyl/N-ethyl adjacent to an activating group) is 1. The molecule has 0 atom stereocenters. The monoisotopic (exact) mass is 356 g/mol. The maximum atomic E-state index is 13.0. The fourth-order valence-electron chi connectivity index (χ4n) is 2.45. The Morgan fingerprint density at radius 1 is 1.12 bits per heavy atom. The lowest BCUT2D eigenvalue weighted by molar-refractivity contribution is -0.114. The number of halogens is 1. The zero-order valence-electron chi connectivity index (χ0n) is 13.1. The summed E-state index contributed by atoms with van der Waals surface area (Å²) in [5.74, 6) is -1.74. The van der Waals surface area contributed by atoms with E-state index in [4.69, 9.17) is 17.3 Å². The van der Waals surface area contributed by atoms with Gasteiger partial charge < -0.3 is 10.0 Å². The van der Waals surface area contributed by atoms with Crippen molar-refractivity contribution in [2.45, 2.75) is 0 Å². The predicted octanol–water partition coefficient (Wildman–Crippen LogP) is 3.13. The Hall–Kier alpha value is -3.06. The molecular weight excluding hydrogens is 343 g/mol. The number of amides is 1. The van der Waals surface area contributed by atoms with Crippen molar-refractivity contribution in [1.82, 2.24) is 4.90 Å². The molecule has 2 aromatic carbocycles. The molecule has 0 aromatic heterocycles. The molecule has 5 nitrogen and oxygen atoms in total. The van der Waals surface area contributed by atoms with Gasteiger partial charge in [-0.25, -0.2) is 9.18 Å². The minimum Gasteiger partial charge on any atom is -0.478 e. The Labute approximate surface area is 148 Å². The number of aromatic carboxylic acids is 1. The largest absolute Gasteiger partial charge is 0.478 e. The summed E-state index contributed by atoms with van der Waals surface area (Å²) in [7, 11) is 1.67. The van der Waals surface area contributed by atoms with Crippen LogP contribution in [0.3, 0.4) is 0 Å². The van der Waals surface area contributed by atoms with Gasteiger partial charge in [-0.2, -0.15) is 0 Å². The summed E-state index contributed by atoms with van der Waals surface area (Å²) in [5.41, 5.74) is 1.62. The topological polar surface area (TPSA) is 60.9 Å². The van der Waals surface area contributed by atoms with Crippen molar-refractivity contribution < 1.29 is 19.1 Å². The molecular formula is C18H13FN2O3S. The Morgan fingerprint density at radius 2 is 1.72 bits per heavy atom. The van der Waals surface area contributed by atoms with Crippen LogP contribution in [-0.4, -0.2) is 34.0 Å². The van der Waals surface area contributed by atoms with Gasteiger partial charge in [-0.1, -0.05) is 12.1 Å². The highest BCUT2D eigenvalue weighted by molar-refractivity contribution is 7.80. The average Bonchev–Trinajstić information content (AvgIpc) is 2.80. The molecule has 126 valence electrons. The summed E-state index contributed by atoms with van der Waals surface area (Å²) >= 11 is 5.33. The number of carboxylic acid groups (broad SMARTS) is 1. The highest BCUT2D eigenvalue weighted by atomic mass is 32.1. The lowest BCUT2D eigenvalue weighted by Gasteiger charge is -2.16. The average molecular weight is 356 g/mol. The second-order valence-electron chi connectivity index (χ2n) is 5.42. The van der Waals surface area contributed by atoms with Crippen molar-refractivity contribution >= 4 is 41.0 Å². The van der Waals surface area contributed by atoms with Gasteiger partial charge in [-0.05, 0) is 60.3 Å². The quantitative estimate of drug-likeness (QED) is 0.676. The van der Waals surface area contributed by atoms with E-state index in [1.165, 1.54) is 41.3 Å². The molecule has 7 heteroatoms. The molecule has 0 saturated carbocycles. The molecule has 0 bridgehead atoms. The molecule has 3 rings (SSSR count). The first-order chi connectivity index (χ1) is 11.9. The van der Waals surface area contributed by atoms with Gasteiger partial charge in [0, 0.05) is 7.05 Å². The summed E-state index contributed by atoms with van der Waals surface area (Å²) < 4.78 is 13.0. The third-order valence-corrected chi connectivity index (χ3v) is 4.26. The maximum absolute atomic E-state index is 13.0. The molecule has 0 aliphatic carbocycles. The molecule has 1 aliphatic heterocycles. The van der Waals surface area contributed by atoms with Crippen LogP contribution in [0.5, 0.6) is 0 Å². The smallest absolute Gasteiger partial charge is 0.335 e. The van der Waals surface area contributed by atoms with Gasteiger partial charge in [0.05, 0.1) is 11.3 Å². The zero-order chi connectivity index (χ0) is 18.1. The second-order valence-corrected chi connectivity index (χ2v) is 5.78. The van der Waals surface area contributed by atoms with E-state index < -0.39 is 5.97 Å². The Balaban J connectivity index is 1.95. The summed E-state index contributed by atoms with van der Waals surface area (Å²) in [6.45, 7) is 0. The first-order valence-electron chi connectivity index (χ1n) is 7.31. The van der Waals surface area contributed by atoms with Crippen molar-refractivity contribution in [3.63, 3.8) is 0 Å². The molecule has 1 heterocycles. The van der Waals surface area contributed by atoms with E-state index in [9.17, 15) is 14.0 Å². The van der Waals surface area contributed by atoms with E-state index >= 15 is 0 Å². The van der Waals surface area contributed by atoms with Gasteiger partial charge in [0.1, 0.15) is 11.5 Å². The lowest BCUT2D eigenvalue weighted by atomic mass is 10.1. The predicted molar refractivity (Wildman–Crippen MR) is 95.6 cm³/mol. The number of nitrogens with zero attached hydrogens (tertiary/aromatic N) is 2. The SMILES string of the molecule is CN1C(=S)N(c2ccc(C(=O)O)cc2)C(=O)/C1=C/c1ccc(F)cc1. The molecule has 1 amide bonds. The molecule has 1 fully saturated rings. The third kappa shape index (κ3) is 3.14. The van der Waals surface area contributed by atoms with E-state index in [1.807, 2.05) is 0 Å². The molecule has 0 radical (unpaired) electrons. The number of rotatable bonds is 3. The van der Waals surface area contributed by atoms with Crippen LogP contribution in [0.2, 0.25) is 0 Å². The number of carboxylic acids is 1. The summed E-state index contributed by atoms with van der Waals surface area (Å²) in [5, 5.41) is 9.24. The van der Waals surface area contributed by atoms with Crippen LogP contribution in [0.15, 0.2) is 54.2 Å². The van der Waals surface area contributed by atoms with Crippen LogP contribution in [0, 0.1) is 5.82 Å². The minimum atomic E-state index is -1.05. The van der Waals surface area contributed by atoms with Crippen LogP contribution in [0.4, 0.5) is 10.1 Å². The van der Waals surface area contributed by atoms with E-state index in [-0.39, 0.29) is 22.4 Å². The number of carbonyl (C=O) groups excluding carboxylic acids is 1. The molecule has 1 N–H and O–H groups in total. The molecule has 0 unspecified atom stereocenters. The molecule has 2 aromatic rings. The molecule has 1 aliphatic rings. The maximum Gasteiger partial charge on any atom is 0.335 e. The van der Waals surface area contributed by atoms with E-state index in [0.717, 1.165) is 0 Å². The first-order valence-corrected chi connectivity index (χ1v) is 7.72. The number of thiocarbonyl (C=S) groups is 1. The summed E-state index contributed by atoms with van der Waals surface area (Å²) in [4.78, 5) is 26.6. The Bertz CT molecular complexity index is 892. The van der Waals surface area contributed by atoms with Gasteiger partial charge in [0.2, 0.25) is 0 Å². The second kappa shape index (κ2) is 6.45. The molecule has 1 saturated heterocycles. The van der Waals surface area contributed by atoms with Crippen LogP contribution < -0.4 is 4.90 Å². The van der Waals surface area contributed by atoms with Crippen molar-refractivity contribution in [2.75, 3.05) is 11.9 Å². The van der Waals surface area contributed by atoms with Crippen LogP contribution in [0.1, 0.15) is 15.9 Å². The molecule has 25 heavy (non-hydrogen) atoms. The Morgan fingerprint density at radius 3 is 2.28 bits per heavy atom. The zero-order valence-corrected chi connectivity index (χ0v) is 14.0. The summed E-state index contributed by atoms with van der Waals surface area (Å²) in [6.07, 6.45) is 1.62. The fraction of sp³-hybridized carbons (Fsp3) is 0.0556. The van der Waals surface area contributed by atoms with E-state index in [1.54, 1.807) is 30.2 Å². The summed E-state index contributed by atoms with van der Waals surface area (Å²) in [6, 6.07) is 11.6. The van der Waals surface area contributed by atoms with E-state index in [0.29, 0.717) is 16.9 Å². The van der Waals surface area contributed by atoms with Crippen molar-refractivity contribution in [3.8, 4) is 0 Å². The number of benzene rings is 2. The Kier molecular flexibility index (Phi) is 4.33. The number of anilines is 1. The number of hydrogen-bond donors (Lipinski definition) is 1. The van der Waals surface area contributed by atoms with Gasteiger partial charge in [-0.3, -0.25) is 9.69 Å². The van der Waals surface area contributed by atoms with Gasteiger partial charge >= 0.3 is 5.97 Å². The normalized spacial score (nSPS) is 16.0. The first kappa shape index (κ1) is 16.8. The van der Waals surface area contributed by atoms with Gasteiger partial charge in [0.25, 0.3) is 5.91 Å². The standard InChI is InChI=1S/C18H13FN2O3S/c1-20-15(10-11-2-6-13(19)7-3-11)16(22)21(18(20)25)14-8-4-12(5-9-14)17(23)24/h2-10H,1H3,(H,23,24)/b15-10-. The van der Waals surface area contributed by atoms with Crippen molar-refractivity contribution in [3.05, 3.63) is 71.2 Å². The highest BCUT2D eigenvalue weighted by Gasteiger charge is 2.36. The fourth-order valence-corrected chi connectivity index (χ4v) is 2.74. The third-order valence-electron chi connectivity index (χ3n) is 3.81. The van der Waals surface area contributed by atoms with Crippen LogP contribution >= 0.6 is 12.2 Å². The number of carbonyl (C=O) groups is 2. The van der Waals surface area contributed by atoms with Crippen molar-refractivity contribution in [2.24, 2.45) is 0 Å². The van der Waals surface area contributed by atoms with Crippen LogP contribution in [-0.2, 0) is 4.79 Å². The lowest BCUT2D eigenvalue weighted by Crippen LogP contribution is -2.31. The minimum absolute atomic E-state index is 0.122. The van der Waals surface area contributed by atoms with Gasteiger partial charge in [-0.15, -0.1) is 0 Å². The van der Waals surface area contributed by atoms with Crippen molar-refractivity contribution in [1.29, 1.82) is 0 Å². The van der Waals surface area contributed by atoms with Crippen LogP contribution in [0.25, 0.3) is 6.08 Å². The van der Waals surface area contributed by atoms with E-state index in [2.05, 4.69) is 0 Å².